The number of likely N-dealkylation sites (tertiary alicyclic amines) is 1. The fourth-order valence-corrected chi connectivity index (χ4v) is 5.94. The summed E-state index contributed by atoms with van der Waals surface area (Å²) in [6.07, 6.45) is -0.432. The highest BCUT2D eigenvalue weighted by molar-refractivity contribution is 14.1. The quantitative estimate of drug-likeness (QED) is 0.413. The number of aliphatic hydroxyl groups is 1. The molecule has 2 aromatic carbocycles. The average molecular weight is 536 g/mol. The Balaban J connectivity index is 2.13. The molecule has 8 heteroatoms. The number of halogens is 1. The van der Waals surface area contributed by atoms with Crippen LogP contribution in [0.1, 0.15) is 23.1 Å². The van der Waals surface area contributed by atoms with Crippen LogP contribution in [0.15, 0.2) is 36.4 Å². The van der Waals surface area contributed by atoms with Crippen molar-refractivity contribution in [2.75, 3.05) is 33.1 Å². The van der Waals surface area contributed by atoms with Crippen molar-refractivity contribution in [2.45, 2.75) is 31.0 Å². The van der Waals surface area contributed by atoms with Gasteiger partial charge in [-0.15, -0.1) is 0 Å². The number of quaternary nitrogens is 1. The van der Waals surface area contributed by atoms with Crippen LogP contribution in [0.3, 0.4) is 0 Å². The van der Waals surface area contributed by atoms with Gasteiger partial charge in [0.25, 0.3) is 11.8 Å². The highest BCUT2D eigenvalue weighted by Crippen LogP contribution is 2.54. The third-order valence-corrected chi connectivity index (χ3v) is 7.45. The largest absolute Gasteiger partial charge is 0.496 e. The van der Waals surface area contributed by atoms with Gasteiger partial charge in [-0.2, -0.15) is 0 Å². The number of hydrogen-bond donors (Lipinski definition) is 3. The number of rotatable bonds is 4. The first-order chi connectivity index (χ1) is 14.7. The number of aryl methyl sites for hydroxylation is 1. The maximum atomic E-state index is 14.0. The second-order valence-corrected chi connectivity index (χ2v) is 9.77. The van der Waals surface area contributed by atoms with Gasteiger partial charge < -0.3 is 20.5 Å². The molecular formula is C23H27IN3O4+. The normalized spacial score (nSPS) is 29.4. The van der Waals surface area contributed by atoms with Crippen LogP contribution < -0.4 is 15.4 Å². The molecule has 3 N–H and O–H groups in total. The molecule has 0 aromatic heterocycles. The van der Waals surface area contributed by atoms with Crippen LogP contribution in [0.2, 0.25) is 0 Å². The standard InChI is InChI=1S/C23H26IN3O4/c1-13-5-8-20(31-4)17(9-13)23(16-10-14(24)6-7-18(16)26-22(23)30)27(3)12-15(28)11-19(27)21(29)25-2/h5-10,15,19,28H,11-12H2,1-4H3,(H-,25,26,29,30)/p+1/t15-,19+,23?,27?/m1/s1. The second-order valence-electron chi connectivity index (χ2n) is 8.53. The molecule has 4 rings (SSSR count). The molecule has 2 aliphatic rings. The van der Waals surface area contributed by atoms with Crippen LogP contribution in [0, 0.1) is 10.5 Å². The lowest BCUT2D eigenvalue weighted by Crippen LogP contribution is -2.68. The first kappa shape index (κ1) is 22.0. The summed E-state index contributed by atoms with van der Waals surface area (Å²) in [5.74, 6) is 0.152. The molecule has 2 amide bonds. The van der Waals surface area contributed by atoms with E-state index in [2.05, 4.69) is 33.2 Å². The maximum Gasteiger partial charge on any atom is 0.295 e. The van der Waals surface area contributed by atoms with Gasteiger partial charge in [0.2, 0.25) is 5.54 Å². The monoisotopic (exact) mass is 536 g/mol. The lowest BCUT2D eigenvalue weighted by molar-refractivity contribution is -0.953. The minimum Gasteiger partial charge on any atom is -0.496 e. The average Bonchev–Trinajstić information content (AvgIpc) is 3.20. The van der Waals surface area contributed by atoms with Crippen molar-refractivity contribution in [2.24, 2.45) is 0 Å². The van der Waals surface area contributed by atoms with E-state index in [1.165, 1.54) is 0 Å². The van der Waals surface area contributed by atoms with Gasteiger partial charge in [0.1, 0.15) is 18.4 Å². The summed E-state index contributed by atoms with van der Waals surface area (Å²) in [5, 5.41) is 16.5. The molecule has 2 heterocycles. The highest BCUT2D eigenvalue weighted by Gasteiger charge is 2.68. The number of benzene rings is 2. The Morgan fingerprint density at radius 1 is 1.29 bits per heavy atom. The molecule has 31 heavy (non-hydrogen) atoms. The Bertz CT molecular complexity index is 1070. The number of carbonyl (C=O) groups is 2. The third kappa shape index (κ3) is 3.07. The number of carbonyl (C=O) groups excluding carboxylic acids is 2. The molecule has 0 radical (unpaired) electrons. The summed E-state index contributed by atoms with van der Waals surface area (Å²) >= 11 is 2.23. The zero-order valence-corrected chi connectivity index (χ0v) is 20.2. The molecule has 0 saturated carbocycles. The van der Waals surface area contributed by atoms with Crippen molar-refractivity contribution in [3.05, 3.63) is 56.7 Å². The molecule has 4 atom stereocenters. The number of amides is 2. The topological polar surface area (TPSA) is 87.7 Å². The minimum atomic E-state index is -1.26. The highest BCUT2D eigenvalue weighted by atomic mass is 127. The van der Waals surface area contributed by atoms with E-state index in [0.29, 0.717) is 17.0 Å². The SMILES string of the molecule is CNC(=O)[C@@H]1C[C@@H](O)C[N+]1(C)C1(c2cc(C)ccc2OC)C(=O)Nc2ccc(I)cc21. The van der Waals surface area contributed by atoms with Gasteiger partial charge in [0.05, 0.1) is 31.0 Å². The summed E-state index contributed by atoms with van der Waals surface area (Å²) in [6.45, 7) is 2.22. The first-order valence-corrected chi connectivity index (χ1v) is 11.3. The van der Waals surface area contributed by atoms with E-state index in [1.54, 1.807) is 14.2 Å². The molecule has 164 valence electrons. The zero-order chi connectivity index (χ0) is 22.6. The number of likely N-dealkylation sites (N-methyl/N-ethyl adjacent to an activating group) is 2. The molecule has 2 aromatic rings. The third-order valence-electron chi connectivity index (χ3n) is 6.78. The molecule has 1 saturated heterocycles. The number of anilines is 1. The maximum absolute atomic E-state index is 14.0. The van der Waals surface area contributed by atoms with E-state index in [4.69, 9.17) is 4.74 Å². The van der Waals surface area contributed by atoms with Crippen LogP contribution in [0.25, 0.3) is 0 Å². The number of ether oxygens (including phenoxy) is 1. The predicted molar refractivity (Wildman–Crippen MR) is 126 cm³/mol. The number of hydrogen-bond acceptors (Lipinski definition) is 4. The summed E-state index contributed by atoms with van der Waals surface area (Å²) in [4.78, 5) is 27.0. The Labute approximate surface area is 195 Å². The van der Waals surface area contributed by atoms with Crippen LogP contribution in [0.5, 0.6) is 5.75 Å². The van der Waals surface area contributed by atoms with Crippen molar-refractivity contribution in [1.82, 2.24) is 5.32 Å². The number of nitrogens with one attached hydrogen (secondary N) is 2. The van der Waals surface area contributed by atoms with E-state index < -0.39 is 17.7 Å². The van der Waals surface area contributed by atoms with Crippen LogP contribution in [-0.4, -0.2) is 61.3 Å². The predicted octanol–water partition coefficient (Wildman–Crippen LogP) is 2.13. The van der Waals surface area contributed by atoms with Crippen LogP contribution in [0.4, 0.5) is 5.69 Å². The zero-order valence-electron chi connectivity index (χ0n) is 18.0. The summed E-state index contributed by atoms with van der Waals surface area (Å²) in [7, 11) is 5.06. The molecule has 0 bridgehead atoms. The Morgan fingerprint density at radius 2 is 2.03 bits per heavy atom. The van der Waals surface area contributed by atoms with Gasteiger partial charge in [0.15, 0.2) is 6.04 Å². The van der Waals surface area contributed by atoms with E-state index in [1.807, 2.05) is 50.4 Å². The molecule has 0 spiro atoms. The van der Waals surface area contributed by atoms with E-state index >= 15 is 0 Å². The van der Waals surface area contributed by atoms with Crippen molar-refractivity contribution < 1.29 is 23.9 Å². The number of fused-ring (bicyclic) bond motifs is 1. The van der Waals surface area contributed by atoms with Crippen molar-refractivity contribution in [3.63, 3.8) is 0 Å². The molecule has 0 aliphatic carbocycles. The van der Waals surface area contributed by atoms with Gasteiger partial charge in [-0.25, -0.2) is 0 Å². The van der Waals surface area contributed by atoms with Crippen molar-refractivity contribution in [1.29, 1.82) is 0 Å². The fraction of sp³-hybridized carbons (Fsp3) is 0.391. The first-order valence-electron chi connectivity index (χ1n) is 10.2. The van der Waals surface area contributed by atoms with Gasteiger partial charge >= 0.3 is 0 Å². The molecule has 7 nitrogen and oxygen atoms in total. The van der Waals surface area contributed by atoms with Gasteiger partial charge in [-0.05, 0) is 59.8 Å². The lowest BCUT2D eigenvalue weighted by Gasteiger charge is -2.48. The van der Waals surface area contributed by atoms with Crippen molar-refractivity contribution >= 4 is 40.1 Å². The Hall–Kier alpha value is -2.17. The molecular weight excluding hydrogens is 509 g/mol. The molecule has 2 unspecified atom stereocenters. The number of methoxy groups -OCH3 is 1. The minimum absolute atomic E-state index is 0.0204. The smallest absolute Gasteiger partial charge is 0.295 e. The second kappa shape index (κ2) is 7.75. The number of nitrogens with zero attached hydrogens (tertiary/aromatic N) is 1. The van der Waals surface area contributed by atoms with E-state index in [0.717, 1.165) is 14.7 Å². The molecule has 1 fully saturated rings. The summed E-state index contributed by atoms with van der Waals surface area (Å²) < 4.78 is 6.73. The fourth-order valence-electron chi connectivity index (χ4n) is 5.45. The lowest BCUT2D eigenvalue weighted by atomic mass is 9.78. The van der Waals surface area contributed by atoms with Crippen molar-refractivity contribution in [3.8, 4) is 5.75 Å². The van der Waals surface area contributed by atoms with Crippen LogP contribution in [-0.2, 0) is 15.1 Å². The van der Waals surface area contributed by atoms with E-state index in [9.17, 15) is 14.7 Å². The number of aliphatic hydroxyl groups excluding tert-OH is 1. The van der Waals surface area contributed by atoms with E-state index in [-0.39, 0.29) is 29.3 Å². The summed E-state index contributed by atoms with van der Waals surface area (Å²) in [5.41, 5.74) is 1.91. The van der Waals surface area contributed by atoms with Gasteiger partial charge in [-0.3, -0.25) is 14.1 Å². The Kier molecular flexibility index (Phi) is 5.51. The summed E-state index contributed by atoms with van der Waals surface area (Å²) in [6, 6.07) is 11.0. The van der Waals surface area contributed by atoms with Gasteiger partial charge in [0, 0.05) is 17.0 Å². The van der Waals surface area contributed by atoms with Crippen LogP contribution >= 0.6 is 22.6 Å². The molecule has 2 aliphatic heterocycles. The Morgan fingerprint density at radius 3 is 2.71 bits per heavy atom. The van der Waals surface area contributed by atoms with Gasteiger partial charge in [-0.1, -0.05) is 11.6 Å².